The van der Waals surface area contributed by atoms with Crippen LogP contribution in [0.4, 0.5) is 10.1 Å². The molecule has 1 aromatic carbocycles. The minimum absolute atomic E-state index is 0.0993. The van der Waals surface area contributed by atoms with Gasteiger partial charge in [0, 0.05) is 56.9 Å². The molecule has 380 valence electrons. The lowest BCUT2D eigenvalue weighted by atomic mass is 9.77. The van der Waals surface area contributed by atoms with Crippen LogP contribution < -0.4 is 10.6 Å². The Morgan fingerprint density at radius 3 is 2.30 bits per heavy atom. The number of aliphatic hydroxyl groups is 5. The Kier molecular flexibility index (Phi) is 20.2. The number of thiocarbonyl (C=S) groups is 1. The van der Waals surface area contributed by atoms with E-state index in [4.69, 9.17) is 40.6 Å². The van der Waals surface area contributed by atoms with E-state index < -0.39 is 96.0 Å². The Balaban J connectivity index is 1.74. The van der Waals surface area contributed by atoms with E-state index in [9.17, 15) is 34.7 Å². The van der Waals surface area contributed by atoms with Crippen LogP contribution in [-0.4, -0.2) is 178 Å². The Labute approximate surface area is 398 Å². The minimum Gasteiger partial charge on any atom is -0.459 e. The third-order valence-electron chi connectivity index (χ3n) is 14.4. The van der Waals surface area contributed by atoms with Crippen molar-refractivity contribution in [3.8, 4) is 0 Å². The number of nitrogens with zero attached hydrogens (tertiary/aromatic N) is 2. The number of cyclic esters (lactones) is 1. The van der Waals surface area contributed by atoms with Gasteiger partial charge >= 0.3 is 5.97 Å². The largest absolute Gasteiger partial charge is 0.459 e. The van der Waals surface area contributed by atoms with Crippen LogP contribution in [0.15, 0.2) is 18.2 Å². The summed E-state index contributed by atoms with van der Waals surface area (Å²) in [4.78, 5) is 18.5. The molecule has 3 fully saturated rings. The zero-order valence-corrected chi connectivity index (χ0v) is 42.6. The van der Waals surface area contributed by atoms with Gasteiger partial charge in [0.1, 0.15) is 35.8 Å². The Hall–Kier alpha value is -2.17. The standard InChI is InChI=1S/C48H83FN4O12S/c1-15-36-48(11,59)40(55)31(7)53(20-16-19-50-45(66)51-34-22-33(49)18-17-27(34)3)25-26(2)23-46(9,58)42(65-44-38(54)35(52(12)13)21-28(4)61-44)29(5)39(30(6)43(57)63-36)64-37-24-47(10,60-14)41(56)32(8)62-37/h17-18,22,26,28-32,35-42,44,54-56,58-59H,15-16,19-21,23-25H2,1-14H3,(H2,50,51,66)/t26-,28-,29+,30-,31-,32+,35+,36-,37+,38-,39+,40-,41+,42-,44+,46-,47-,48-/m1/s1. The van der Waals surface area contributed by atoms with Crippen LogP contribution in [0.1, 0.15) is 107 Å². The number of likely N-dealkylation sites (N-methyl/N-ethyl adjacent to an activating group) is 1. The van der Waals surface area contributed by atoms with Crippen LogP contribution in [-0.2, 0) is 33.2 Å². The molecule has 0 aromatic heterocycles. The molecule has 0 amide bonds. The van der Waals surface area contributed by atoms with Crippen molar-refractivity contribution in [1.82, 2.24) is 15.1 Å². The van der Waals surface area contributed by atoms with Crippen LogP contribution >= 0.6 is 12.2 Å². The molecule has 3 aliphatic heterocycles. The van der Waals surface area contributed by atoms with Crippen molar-refractivity contribution < 1.29 is 63.1 Å². The van der Waals surface area contributed by atoms with Gasteiger partial charge in [-0.15, -0.1) is 0 Å². The number of anilines is 1. The highest BCUT2D eigenvalue weighted by Gasteiger charge is 2.53. The van der Waals surface area contributed by atoms with Gasteiger partial charge in [0.25, 0.3) is 0 Å². The third-order valence-corrected chi connectivity index (χ3v) is 14.6. The number of aliphatic hydroxyl groups excluding tert-OH is 3. The number of rotatable bonds is 12. The van der Waals surface area contributed by atoms with Crippen LogP contribution in [0.3, 0.4) is 0 Å². The van der Waals surface area contributed by atoms with Gasteiger partial charge < -0.3 is 69.5 Å². The molecule has 3 heterocycles. The number of methoxy groups -OCH3 is 1. The van der Waals surface area contributed by atoms with E-state index in [0.717, 1.165) is 5.56 Å². The van der Waals surface area contributed by atoms with Gasteiger partial charge in [-0.05, 0) is 131 Å². The number of ether oxygens (including phenoxy) is 6. The predicted octanol–water partition coefficient (Wildman–Crippen LogP) is 4.10. The summed E-state index contributed by atoms with van der Waals surface area (Å²) in [6.45, 7) is 20.6. The van der Waals surface area contributed by atoms with Crippen molar-refractivity contribution in [2.75, 3.05) is 46.2 Å². The summed E-state index contributed by atoms with van der Waals surface area (Å²) in [6.07, 6.45) is -8.47. The summed E-state index contributed by atoms with van der Waals surface area (Å²) in [5, 5.41) is 66.4. The number of esters is 1. The molecule has 7 N–H and O–H groups in total. The second-order valence-corrected chi connectivity index (χ2v) is 20.8. The first-order valence-corrected chi connectivity index (χ1v) is 24.2. The number of carbonyl (C=O) groups excluding carboxylic acids is 1. The number of carbonyl (C=O) groups is 1. The number of hydrogen-bond acceptors (Lipinski definition) is 15. The van der Waals surface area contributed by atoms with E-state index in [-0.39, 0.29) is 43.1 Å². The maximum absolute atomic E-state index is 14.5. The SMILES string of the molecule is CC[C@H]1OC(=O)[C@H](C)[C@@H](O[C@H]2C[C@@](C)(OC)[C@@H](O)[C@H](C)O2)[C@H](C)[C@@H](O[C@@H]2O[C@H](C)C[C@H](N(C)C)[C@H]2O)[C@](C)(O)C[C@@H](C)CN(CCCNC(=S)Nc2cc(F)ccc2C)[C@H](C)[C@@H](O)[C@]1(C)O. The number of benzene rings is 1. The van der Waals surface area contributed by atoms with E-state index in [1.807, 2.05) is 58.5 Å². The number of halogens is 1. The van der Waals surface area contributed by atoms with Crippen molar-refractivity contribution in [3.63, 3.8) is 0 Å². The van der Waals surface area contributed by atoms with Crippen molar-refractivity contribution in [3.05, 3.63) is 29.6 Å². The highest BCUT2D eigenvalue weighted by Crippen LogP contribution is 2.40. The smallest absolute Gasteiger partial charge is 0.311 e. The zero-order valence-electron chi connectivity index (χ0n) is 41.8. The monoisotopic (exact) mass is 959 g/mol. The average Bonchev–Trinajstić information content (AvgIpc) is 3.24. The van der Waals surface area contributed by atoms with Crippen LogP contribution in [0.5, 0.6) is 0 Å². The molecule has 1 aromatic rings. The summed E-state index contributed by atoms with van der Waals surface area (Å²) in [6, 6.07) is 3.44. The van der Waals surface area contributed by atoms with E-state index in [2.05, 4.69) is 10.6 Å². The molecule has 18 heteroatoms. The molecule has 0 spiro atoms. The lowest BCUT2D eigenvalue weighted by molar-refractivity contribution is -0.318. The van der Waals surface area contributed by atoms with Gasteiger partial charge in [0.05, 0.1) is 41.5 Å². The molecule has 3 aliphatic rings. The van der Waals surface area contributed by atoms with E-state index >= 15 is 0 Å². The van der Waals surface area contributed by atoms with Gasteiger partial charge in [-0.25, -0.2) is 4.39 Å². The molecule has 0 radical (unpaired) electrons. The van der Waals surface area contributed by atoms with Crippen molar-refractivity contribution in [2.24, 2.45) is 17.8 Å². The minimum atomic E-state index is -1.91. The van der Waals surface area contributed by atoms with Crippen LogP contribution in [0.25, 0.3) is 0 Å². The van der Waals surface area contributed by atoms with E-state index in [0.29, 0.717) is 43.3 Å². The molecule has 66 heavy (non-hydrogen) atoms. The molecule has 0 unspecified atom stereocenters. The Bertz CT molecular complexity index is 1730. The molecular weight excluding hydrogens is 876 g/mol. The molecule has 0 saturated carbocycles. The first kappa shape index (κ1) is 56.4. The molecule has 0 aliphatic carbocycles. The molecule has 18 atom stereocenters. The highest BCUT2D eigenvalue weighted by atomic mass is 32.1. The van der Waals surface area contributed by atoms with E-state index in [1.54, 1.807) is 40.7 Å². The molecule has 3 saturated heterocycles. The lowest BCUT2D eigenvalue weighted by Gasteiger charge is -2.48. The van der Waals surface area contributed by atoms with Gasteiger partial charge in [0.15, 0.2) is 17.7 Å². The lowest BCUT2D eigenvalue weighted by Crippen LogP contribution is -2.60. The average molecular weight is 959 g/mol. The molecule has 16 nitrogen and oxygen atoms in total. The summed E-state index contributed by atoms with van der Waals surface area (Å²) in [5.41, 5.74) is -3.25. The maximum atomic E-state index is 14.5. The summed E-state index contributed by atoms with van der Waals surface area (Å²) >= 11 is 5.52. The predicted molar refractivity (Wildman–Crippen MR) is 253 cm³/mol. The van der Waals surface area contributed by atoms with Gasteiger partial charge in [-0.2, -0.15) is 0 Å². The second-order valence-electron chi connectivity index (χ2n) is 20.4. The molecule has 0 bridgehead atoms. The first-order valence-electron chi connectivity index (χ1n) is 23.7. The zero-order chi connectivity index (χ0) is 49.6. The topological polar surface area (TPSA) is 204 Å². The van der Waals surface area contributed by atoms with Crippen molar-refractivity contribution in [2.45, 2.75) is 199 Å². The number of nitrogens with one attached hydrogen (secondary N) is 2. The molecular formula is C48H83FN4O12S. The van der Waals surface area contributed by atoms with Crippen molar-refractivity contribution >= 4 is 29.0 Å². The van der Waals surface area contributed by atoms with E-state index in [1.165, 1.54) is 26.2 Å². The quantitative estimate of drug-likeness (QED) is 0.0896. The summed E-state index contributed by atoms with van der Waals surface area (Å²) in [7, 11) is 5.25. The van der Waals surface area contributed by atoms with Crippen molar-refractivity contribution in [1.29, 1.82) is 0 Å². The third kappa shape index (κ3) is 13.8. The summed E-state index contributed by atoms with van der Waals surface area (Å²) < 4.78 is 52.0. The fourth-order valence-corrected chi connectivity index (χ4v) is 10.5. The highest BCUT2D eigenvalue weighted by molar-refractivity contribution is 7.80. The maximum Gasteiger partial charge on any atom is 0.311 e. The van der Waals surface area contributed by atoms with Crippen LogP contribution in [0, 0.1) is 30.5 Å². The number of aryl methyl sites for hydroxylation is 1. The second kappa shape index (κ2) is 23.6. The Morgan fingerprint density at radius 1 is 1.02 bits per heavy atom. The Morgan fingerprint density at radius 2 is 1.68 bits per heavy atom. The van der Waals surface area contributed by atoms with Gasteiger partial charge in [-0.3, -0.25) is 9.69 Å². The van der Waals surface area contributed by atoms with Gasteiger partial charge in [-0.1, -0.05) is 26.8 Å². The first-order chi connectivity index (χ1) is 30.7. The van der Waals surface area contributed by atoms with Gasteiger partial charge in [0.2, 0.25) is 0 Å². The summed E-state index contributed by atoms with van der Waals surface area (Å²) in [5.74, 6) is -3.25. The fraction of sp³-hybridized carbons (Fsp3) is 0.833. The fourth-order valence-electron chi connectivity index (χ4n) is 10.3. The number of hydrogen-bond donors (Lipinski definition) is 7. The van der Waals surface area contributed by atoms with Crippen LogP contribution in [0.2, 0.25) is 0 Å². The molecule has 4 rings (SSSR count). The normalized spacial score (nSPS) is 41.4.